The van der Waals surface area contributed by atoms with Crippen LogP contribution in [0.5, 0.6) is 0 Å². The summed E-state index contributed by atoms with van der Waals surface area (Å²) in [7, 11) is 0. The molecule has 28 heavy (non-hydrogen) atoms. The van der Waals surface area contributed by atoms with Crippen molar-refractivity contribution in [3.63, 3.8) is 0 Å². The number of thiophene rings is 1. The minimum Gasteiger partial charge on any atom is -0.396 e. The zero-order chi connectivity index (χ0) is 19.7. The van der Waals surface area contributed by atoms with Crippen molar-refractivity contribution >= 4 is 37.4 Å². The molecule has 0 aliphatic carbocycles. The molecule has 1 N–H and O–H groups in total. The summed E-state index contributed by atoms with van der Waals surface area (Å²) in [5.74, 6) is -0.127. The molecular weight excluding hydrogens is 437 g/mol. The van der Waals surface area contributed by atoms with E-state index in [1.54, 1.807) is 23.6 Å². The number of pyridine rings is 1. The summed E-state index contributed by atoms with van der Waals surface area (Å²) < 4.78 is 16.2. The molecule has 0 radical (unpaired) electrons. The number of aromatic nitrogens is 1. The molecule has 0 unspecified atom stereocenters. The van der Waals surface area contributed by atoms with Crippen LogP contribution >= 0.6 is 27.3 Å². The third kappa shape index (κ3) is 3.75. The van der Waals surface area contributed by atoms with Gasteiger partial charge in [0.1, 0.15) is 5.82 Å². The molecular formula is C23H19BrFNOS. The Hall–Kier alpha value is -2.08. The van der Waals surface area contributed by atoms with Gasteiger partial charge in [0.25, 0.3) is 0 Å². The van der Waals surface area contributed by atoms with Crippen LogP contribution in [0.15, 0.2) is 65.3 Å². The van der Waals surface area contributed by atoms with Gasteiger partial charge in [-0.25, -0.2) is 4.39 Å². The van der Waals surface area contributed by atoms with Gasteiger partial charge in [-0.05, 0) is 41.3 Å². The molecule has 1 atom stereocenters. The van der Waals surface area contributed by atoms with E-state index in [1.165, 1.54) is 6.07 Å². The van der Waals surface area contributed by atoms with Gasteiger partial charge in [-0.1, -0.05) is 47.1 Å². The Morgan fingerprint density at radius 3 is 2.75 bits per heavy atom. The first kappa shape index (κ1) is 19.2. The lowest BCUT2D eigenvalue weighted by Gasteiger charge is -2.10. The second-order valence-corrected chi connectivity index (χ2v) is 8.86. The van der Waals surface area contributed by atoms with Crippen molar-refractivity contribution in [2.45, 2.75) is 19.3 Å². The van der Waals surface area contributed by atoms with Gasteiger partial charge in [-0.15, -0.1) is 11.3 Å². The van der Waals surface area contributed by atoms with Crippen LogP contribution in [0.3, 0.4) is 0 Å². The topological polar surface area (TPSA) is 33.1 Å². The SMILES string of the molecule is C[C@H](CO)c1ccnc(-c2cccc3cc(Cc4c(F)cccc4Br)sc23)c1. The Balaban J connectivity index is 1.76. The maximum Gasteiger partial charge on any atom is 0.127 e. The van der Waals surface area contributed by atoms with E-state index in [4.69, 9.17) is 0 Å². The van der Waals surface area contributed by atoms with Gasteiger partial charge in [0.15, 0.2) is 0 Å². The summed E-state index contributed by atoms with van der Waals surface area (Å²) >= 11 is 5.14. The highest BCUT2D eigenvalue weighted by Crippen LogP contribution is 2.36. The normalized spacial score (nSPS) is 12.4. The molecule has 0 saturated carbocycles. The molecule has 2 aromatic heterocycles. The zero-order valence-corrected chi connectivity index (χ0v) is 17.7. The van der Waals surface area contributed by atoms with E-state index in [0.717, 1.165) is 36.3 Å². The first-order valence-corrected chi connectivity index (χ1v) is 10.7. The molecule has 2 heterocycles. The quantitative estimate of drug-likeness (QED) is 0.369. The van der Waals surface area contributed by atoms with E-state index in [0.29, 0.717) is 12.0 Å². The van der Waals surface area contributed by atoms with E-state index in [9.17, 15) is 9.50 Å². The van der Waals surface area contributed by atoms with Gasteiger partial charge in [0.05, 0.1) is 5.69 Å². The van der Waals surface area contributed by atoms with Crippen molar-refractivity contribution in [3.05, 3.63) is 87.1 Å². The van der Waals surface area contributed by atoms with Crippen LogP contribution in [0.4, 0.5) is 4.39 Å². The number of nitrogens with zero attached hydrogens (tertiary/aromatic N) is 1. The lowest BCUT2D eigenvalue weighted by Crippen LogP contribution is -1.99. The molecule has 0 bridgehead atoms. The number of fused-ring (bicyclic) bond motifs is 1. The van der Waals surface area contributed by atoms with Crippen LogP contribution in [0.1, 0.15) is 28.8 Å². The number of rotatable bonds is 5. The van der Waals surface area contributed by atoms with Gasteiger partial charge in [-0.3, -0.25) is 4.98 Å². The molecule has 4 rings (SSSR count). The average molecular weight is 456 g/mol. The highest BCUT2D eigenvalue weighted by atomic mass is 79.9. The maximum atomic E-state index is 14.2. The number of benzene rings is 2. The fourth-order valence-corrected chi connectivity index (χ4v) is 4.96. The van der Waals surface area contributed by atoms with Crippen molar-refractivity contribution in [1.29, 1.82) is 0 Å². The number of aliphatic hydroxyl groups excluding tert-OH is 1. The molecule has 5 heteroatoms. The van der Waals surface area contributed by atoms with E-state index < -0.39 is 0 Å². The first-order chi connectivity index (χ1) is 13.6. The Morgan fingerprint density at radius 2 is 1.96 bits per heavy atom. The lowest BCUT2D eigenvalue weighted by molar-refractivity contribution is 0.273. The van der Waals surface area contributed by atoms with Crippen LogP contribution < -0.4 is 0 Å². The molecule has 0 fully saturated rings. The molecule has 2 nitrogen and oxygen atoms in total. The summed E-state index contributed by atoms with van der Waals surface area (Å²) in [4.78, 5) is 5.66. The summed E-state index contributed by atoms with van der Waals surface area (Å²) in [6.07, 6.45) is 2.34. The van der Waals surface area contributed by atoms with Gasteiger partial charge in [-0.2, -0.15) is 0 Å². The average Bonchev–Trinajstić information content (AvgIpc) is 3.13. The minimum atomic E-state index is -0.195. The largest absolute Gasteiger partial charge is 0.396 e. The van der Waals surface area contributed by atoms with Gasteiger partial charge in [0, 0.05) is 50.3 Å². The predicted molar refractivity (Wildman–Crippen MR) is 117 cm³/mol. The van der Waals surface area contributed by atoms with Gasteiger partial charge < -0.3 is 5.11 Å². The fourth-order valence-electron chi connectivity index (χ4n) is 3.29. The number of halogens is 2. The highest BCUT2D eigenvalue weighted by Gasteiger charge is 2.14. The van der Waals surface area contributed by atoms with Crippen molar-refractivity contribution in [3.8, 4) is 11.3 Å². The smallest absolute Gasteiger partial charge is 0.127 e. The molecule has 0 aliphatic heterocycles. The van der Waals surface area contributed by atoms with Crippen molar-refractivity contribution in [2.24, 2.45) is 0 Å². The number of hydrogen-bond acceptors (Lipinski definition) is 3. The summed E-state index contributed by atoms with van der Waals surface area (Å²) in [5, 5.41) is 10.6. The van der Waals surface area contributed by atoms with Crippen molar-refractivity contribution in [2.75, 3.05) is 6.61 Å². The molecule has 2 aromatic carbocycles. The predicted octanol–water partition coefficient (Wildman–Crippen LogP) is 6.55. The second-order valence-electron chi connectivity index (χ2n) is 6.87. The lowest BCUT2D eigenvalue weighted by atomic mass is 10.0. The number of aliphatic hydroxyl groups is 1. The molecule has 4 aromatic rings. The van der Waals surface area contributed by atoms with Crippen molar-refractivity contribution < 1.29 is 9.50 Å². The Bertz CT molecular complexity index is 1120. The van der Waals surface area contributed by atoms with E-state index in [-0.39, 0.29) is 18.3 Å². The zero-order valence-electron chi connectivity index (χ0n) is 15.3. The van der Waals surface area contributed by atoms with E-state index in [2.05, 4.69) is 39.1 Å². The van der Waals surface area contributed by atoms with Gasteiger partial charge in [0.2, 0.25) is 0 Å². The third-order valence-corrected chi connectivity index (χ3v) is 6.84. The first-order valence-electron chi connectivity index (χ1n) is 9.08. The van der Waals surface area contributed by atoms with Gasteiger partial charge >= 0.3 is 0 Å². The summed E-state index contributed by atoms with van der Waals surface area (Å²) in [5.41, 5.74) is 3.70. The standard InChI is InChI=1S/C23H19BrFNOS/c1-14(13-27)15-8-9-26-22(11-15)18-5-2-4-16-10-17(28-23(16)18)12-19-20(24)6-3-7-21(19)25/h2-11,14,27H,12-13H2,1H3/t14-/m1/s1. The molecule has 0 amide bonds. The van der Waals surface area contributed by atoms with Crippen LogP contribution in [0, 0.1) is 5.82 Å². The van der Waals surface area contributed by atoms with Crippen LogP contribution in [-0.2, 0) is 6.42 Å². The minimum absolute atomic E-state index is 0.0678. The molecule has 0 aliphatic rings. The third-order valence-electron chi connectivity index (χ3n) is 4.91. The fraction of sp³-hybridized carbons (Fsp3) is 0.174. The molecule has 0 spiro atoms. The second kappa shape index (κ2) is 8.11. The van der Waals surface area contributed by atoms with Crippen LogP contribution in [0.2, 0.25) is 0 Å². The van der Waals surface area contributed by atoms with Crippen LogP contribution in [0.25, 0.3) is 21.3 Å². The monoisotopic (exact) mass is 455 g/mol. The molecule has 142 valence electrons. The Labute approximate surface area is 175 Å². The Kier molecular flexibility index (Phi) is 5.58. The van der Waals surface area contributed by atoms with E-state index >= 15 is 0 Å². The number of hydrogen-bond donors (Lipinski definition) is 1. The van der Waals surface area contributed by atoms with Crippen LogP contribution in [-0.4, -0.2) is 16.7 Å². The summed E-state index contributed by atoms with van der Waals surface area (Å²) in [6.45, 7) is 2.10. The summed E-state index contributed by atoms with van der Waals surface area (Å²) in [6, 6.07) is 17.4. The van der Waals surface area contributed by atoms with E-state index in [1.807, 2.05) is 31.2 Å². The highest BCUT2D eigenvalue weighted by molar-refractivity contribution is 9.10. The van der Waals surface area contributed by atoms with Crippen molar-refractivity contribution in [1.82, 2.24) is 4.98 Å². The molecule has 0 saturated heterocycles. The maximum absolute atomic E-state index is 14.2. The Morgan fingerprint density at radius 1 is 1.14 bits per heavy atom.